The summed E-state index contributed by atoms with van der Waals surface area (Å²) >= 11 is 0. The number of aromatic nitrogens is 2. The summed E-state index contributed by atoms with van der Waals surface area (Å²) in [5.74, 6) is 0.702. The zero-order chi connectivity index (χ0) is 15.3. The van der Waals surface area contributed by atoms with Crippen molar-refractivity contribution in [2.75, 3.05) is 24.1 Å². The summed E-state index contributed by atoms with van der Waals surface area (Å²) in [5, 5.41) is 18.6. The maximum atomic E-state index is 11.4. The van der Waals surface area contributed by atoms with E-state index in [0.29, 0.717) is 30.3 Å². The topological polar surface area (TPSA) is 118 Å². The molecule has 0 aliphatic carbocycles. The molecule has 8 nitrogen and oxygen atoms in total. The molecule has 0 aliphatic heterocycles. The minimum Gasteiger partial charge on any atom is -0.444 e. The van der Waals surface area contributed by atoms with Crippen LogP contribution in [0.4, 0.5) is 16.4 Å². The first-order chi connectivity index (χ1) is 9.24. The fraction of sp³-hybridized carbons (Fsp3) is 0.583. The van der Waals surface area contributed by atoms with Crippen LogP contribution in [0, 0.1) is 11.3 Å². The quantitative estimate of drug-likeness (QED) is 0.702. The second kappa shape index (κ2) is 6.14. The number of carbonyl (C=O) groups excluding carboxylic acids is 1. The molecule has 1 heterocycles. The monoisotopic (exact) mass is 280 g/mol. The lowest BCUT2D eigenvalue weighted by Crippen LogP contribution is -2.35. The summed E-state index contributed by atoms with van der Waals surface area (Å²) in [4.78, 5) is 11.4. The van der Waals surface area contributed by atoms with Crippen LogP contribution in [0.1, 0.15) is 26.3 Å². The molecule has 1 amide bonds. The highest BCUT2D eigenvalue weighted by atomic mass is 16.6. The van der Waals surface area contributed by atoms with E-state index in [2.05, 4.69) is 15.7 Å². The summed E-state index contributed by atoms with van der Waals surface area (Å²) in [7, 11) is 1.65. The van der Waals surface area contributed by atoms with Crippen LogP contribution in [0.15, 0.2) is 0 Å². The fourth-order valence-corrected chi connectivity index (χ4v) is 1.43. The normalized spacial score (nSPS) is 10.8. The van der Waals surface area contributed by atoms with Gasteiger partial charge in [-0.3, -0.25) is 0 Å². The van der Waals surface area contributed by atoms with E-state index >= 15 is 0 Å². The Balaban J connectivity index is 2.41. The van der Waals surface area contributed by atoms with Crippen molar-refractivity contribution >= 4 is 17.7 Å². The van der Waals surface area contributed by atoms with Gasteiger partial charge in [0.15, 0.2) is 5.82 Å². The Morgan fingerprint density at radius 3 is 2.70 bits per heavy atom. The molecule has 1 aromatic heterocycles. The van der Waals surface area contributed by atoms with Gasteiger partial charge in [-0.1, -0.05) is 0 Å². The highest BCUT2D eigenvalue weighted by Crippen LogP contribution is 2.18. The SMILES string of the molecule is Cn1nc(NCCNC(=O)OC(C)(C)C)c(C#N)c1N. The molecule has 0 fully saturated rings. The third-order valence-corrected chi connectivity index (χ3v) is 2.29. The number of amides is 1. The number of carbonyl (C=O) groups is 1. The largest absolute Gasteiger partial charge is 0.444 e. The van der Waals surface area contributed by atoms with Crippen molar-refractivity contribution in [2.24, 2.45) is 7.05 Å². The van der Waals surface area contributed by atoms with E-state index in [1.54, 1.807) is 27.8 Å². The van der Waals surface area contributed by atoms with E-state index in [9.17, 15) is 4.79 Å². The van der Waals surface area contributed by atoms with Crippen LogP contribution in [0.3, 0.4) is 0 Å². The van der Waals surface area contributed by atoms with Gasteiger partial charge in [0.05, 0.1) is 0 Å². The van der Waals surface area contributed by atoms with Gasteiger partial charge >= 0.3 is 6.09 Å². The van der Waals surface area contributed by atoms with Crippen molar-refractivity contribution in [3.05, 3.63) is 5.56 Å². The van der Waals surface area contributed by atoms with Gasteiger partial charge in [0.2, 0.25) is 0 Å². The number of rotatable bonds is 4. The number of hydrogen-bond acceptors (Lipinski definition) is 6. The van der Waals surface area contributed by atoms with E-state index in [4.69, 9.17) is 15.7 Å². The van der Waals surface area contributed by atoms with Gasteiger partial charge in [0.1, 0.15) is 23.1 Å². The van der Waals surface area contributed by atoms with Crippen LogP contribution in [0.2, 0.25) is 0 Å². The Morgan fingerprint density at radius 2 is 2.15 bits per heavy atom. The summed E-state index contributed by atoms with van der Waals surface area (Å²) in [6.45, 7) is 6.13. The van der Waals surface area contributed by atoms with Crippen molar-refractivity contribution in [1.29, 1.82) is 5.26 Å². The smallest absolute Gasteiger partial charge is 0.407 e. The minimum atomic E-state index is -0.527. The second-order valence-electron chi connectivity index (χ2n) is 5.20. The van der Waals surface area contributed by atoms with E-state index in [1.165, 1.54) is 4.68 Å². The third-order valence-electron chi connectivity index (χ3n) is 2.29. The van der Waals surface area contributed by atoms with Crippen molar-refractivity contribution in [2.45, 2.75) is 26.4 Å². The lowest BCUT2D eigenvalue weighted by atomic mass is 10.2. The molecule has 0 spiro atoms. The van der Waals surface area contributed by atoms with Crippen LogP contribution in [0.5, 0.6) is 0 Å². The van der Waals surface area contributed by atoms with E-state index in [-0.39, 0.29) is 0 Å². The Bertz CT molecular complexity index is 523. The molecular weight excluding hydrogens is 260 g/mol. The lowest BCUT2D eigenvalue weighted by Gasteiger charge is -2.19. The predicted octanol–water partition coefficient (Wildman–Crippen LogP) is 0.811. The maximum absolute atomic E-state index is 11.4. The molecule has 0 atom stereocenters. The van der Waals surface area contributed by atoms with Gasteiger partial charge in [0, 0.05) is 20.1 Å². The van der Waals surface area contributed by atoms with Crippen molar-refractivity contribution in [3.8, 4) is 6.07 Å². The molecule has 1 rings (SSSR count). The van der Waals surface area contributed by atoms with Gasteiger partial charge in [-0.25, -0.2) is 9.48 Å². The van der Waals surface area contributed by atoms with Gasteiger partial charge in [-0.15, -0.1) is 0 Å². The number of aryl methyl sites for hydroxylation is 1. The van der Waals surface area contributed by atoms with Crippen LogP contribution >= 0.6 is 0 Å². The number of hydrogen-bond donors (Lipinski definition) is 3. The molecule has 0 radical (unpaired) electrons. The van der Waals surface area contributed by atoms with Gasteiger partial charge in [0.25, 0.3) is 0 Å². The summed E-state index contributed by atoms with van der Waals surface area (Å²) < 4.78 is 6.51. The van der Waals surface area contributed by atoms with Crippen LogP contribution in [0.25, 0.3) is 0 Å². The number of nitrogens with zero attached hydrogens (tertiary/aromatic N) is 3. The molecule has 0 aromatic carbocycles. The molecule has 110 valence electrons. The molecule has 0 aliphatic rings. The molecule has 0 saturated carbocycles. The number of nitrogens with one attached hydrogen (secondary N) is 2. The zero-order valence-electron chi connectivity index (χ0n) is 12.1. The van der Waals surface area contributed by atoms with Gasteiger partial charge in [-0.05, 0) is 20.8 Å². The first-order valence-electron chi connectivity index (χ1n) is 6.18. The zero-order valence-corrected chi connectivity index (χ0v) is 12.1. The minimum absolute atomic E-state index is 0.296. The molecular formula is C12H20N6O2. The fourth-order valence-electron chi connectivity index (χ4n) is 1.43. The van der Waals surface area contributed by atoms with Crippen LogP contribution in [-0.2, 0) is 11.8 Å². The Morgan fingerprint density at radius 1 is 1.50 bits per heavy atom. The van der Waals surface area contributed by atoms with Gasteiger partial charge < -0.3 is 21.1 Å². The summed E-state index contributed by atoms with van der Waals surface area (Å²) in [6.07, 6.45) is -0.486. The molecule has 20 heavy (non-hydrogen) atoms. The summed E-state index contributed by atoms with van der Waals surface area (Å²) in [5.41, 5.74) is 5.45. The highest BCUT2D eigenvalue weighted by Gasteiger charge is 2.16. The third kappa shape index (κ3) is 4.35. The highest BCUT2D eigenvalue weighted by molar-refractivity contribution is 5.68. The molecule has 4 N–H and O–H groups in total. The molecule has 0 saturated heterocycles. The Labute approximate surface area is 117 Å². The predicted molar refractivity (Wildman–Crippen MR) is 75.1 cm³/mol. The lowest BCUT2D eigenvalue weighted by molar-refractivity contribution is 0.0530. The van der Waals surface area contributed by atoms with E-state index < -0.39 is 11.7 Å². The maximum Gasteiger partial charge on any atom is 0.407 e. The second-order valence-corrected chi connectivity index (χ2v) is 5.20. The molecule has 0 bridgehead atoms. The van der Waals surface area contributed by atoms with Gasteiger partial charge in [-0.2, -0.15) is 10.4 Å². The Kier molecular flexibility index (Phi) is 4.80. The van der Waals surface area contributed by atoms with E-state index in [0.717, 1.165) is 0 Å². The van der Waals surface area contributed by atoms with E-state index in [1.807, 2.05) is 6.07 Å². The summed E-state index contributed by atoms with van der Waals surface area (Å²) in [6, 6.07) is 1.98. The number of ether oxygens (including phenoxy) is 1. The van der Waals surface area contributed by atoms with Crippen molar-refractivity contribution < 1.29 is 9.53 Å². The number of anilines is 2. The first kappa shape index (κ1) is 15.6. The van der Waals surface area contributed by atoms with Crippen molar-refractivity contribution in [1.82, 2.24) is 15.1 Å². The van der Waals surface area contributed by atoms with Crippen LogP contribution in [-0.4, -0.2) is 34.6 Å². The Hall–Kier alpha value is -2.43. The number of nitriles is 1. The average Bonchev–Trinajstić information content (AvgIpc) is 2.58. The standard InChI is InChI=1S/C12H20N6O2/c1-12(2,3)20-11(19)16-6-5-15-10-8(7-13)9(14)18(4)17-10/h5-6,14H2,1-4H3,(H,15,17)(H,16,19). The first-order valence-corrected chi connectivity index (χ1v) is 6.18. The molecule has 0 unspecified atom stereocenters. The number of nitrogen functional groups attached to an aromatic ring is 1. The molecule has 8 heteroatoms. The number of nitrogens with two attached hydrogens (primary N) is 1. The average molecular weight is 280 g/mol. The molecule has 1 aromatic rings. The number of alkyl carbamates (subject to hydrolysis) is 1. The van der Waals surface area contributed by atoms with Crippen molar-refractivity contribution in [3.63, 3.8) is 0 Å². The van der Waals surface area contributed by atoms with Crippen LogP contribution < -0.4 is 16.4 Å².